The molecule has 7 heteroatoms. The lowest BCUT2D eigenvalue weighted by Crippen LogP contribution is -2.26. The lowest BCUT2D eigenvalue weighted by Gasteiger charge is -2.00. The Morgan fingerprint density at radius 1 is 1.86 bits per heavy atom. The Balaban J connectivity index is 2.42. The predicted molar refractivity (Wildman–Crippen MR) is 50.0 cm³/mol. The zero-order valence-corrected chi connectivity index (χ0v) is 8.41. The number of nitrogens with two attached hydrogens (primary N) is 1. The highest BCUT2D eigenvalue weighted by Gasteiger charge is 2.05. The summed E-state index contributed by atoms with van der Waals surface area (Å²) in [6.45, 7) is 2.20. The summed E-state index contributed by atoms with van der Waals surface area (Å²) in [6, 6.07) is 0. The lowest BCUT2D eigenvalue weighted by atomic mass is 10.4. The number of aromatic nitrogens is 2. The van der Waals surface area contributed by atoms with E-state index >= 15 is 0 Å². The molecule has 3 N–H and O–H groups in total. The van der Waals surface area contributed by atoms with Gasteiger partial charge in [0.25, 0.3) is 0 Å². The van der Waals surface area contributed by atoms with E-state index < -0.39 is 5.97 Å². The maximum atomic E-state index is 10.9. The van der Waals surface area contributed by atoms with E-state index in [2.05, 4.69) is 9.94 Å². The Bertz CT molecular complexity index is 306. The van der Waals surface area contributed by atoms with Crippen molar-refractivity contribution < 1.29 is 9.63 Å². The normalized spacial score (nSPS) is 10.2. The second-order valence-electron chi connectivity index (χ2n) is 2.67. The van der Waals surface area contributed by atoms with Crippen molar-refractivity contribution >= 4 is 17.6 Å². The van der Waals surface area contributed by atoms with Crippen molar-refractivity contribution in [1.82, 2.24) is 15.4 Å². The fourth-order valence-corrected chi connectivity index (χ4v) is 1.08. The van der Waals surface area contributed by atoms with E-state index in [1.807, 2.05) is 5.59 Å². The summed E-state index contributed by atoms with van der Waals surface area (Å²) in [5.41, 5.74) is 2.55. The second-order valence-corrected chi connectivity index (χ2v) is 3.07. The summed E-state index contributed by atoms with van der Waals surface area (Å²) < 4.78 is 1.58. The third-order valence-corrected chi connectivity index (χ3v) is 1.98. The van der Waals surface area contributed by atoms with Crippen LogP contribution in [0, 0.1) is 6.92 Å². The van der Waals surface area contributed by atoms with Crippen molar-refractivity contribution in [1.29, 1.82) is 0 Å². The minimum atomic E-state index is -0.447. The van der Waals surface area contributed by atoms with Gasteiger partial charge in [-0.15, -0.1) is 0 Å². The van der Waals surface area contributed by atoms with Gasteiger partial charge in [-0.25, -0.2) is 5.84 Å². The highest BCUT2D eigenvalue weighted by atomic mass is 35.5. The third-order valence-electron chi connectivity index (χ3n) is 1.60. The van der Waals surface area contributed by atoms with Gasteiger partial charge in [0.15, 0.2) is 0 Å². The SMILES string of the molecule is Cc1nn(CCC(=O)ONN)cc1Cl. The van der Waals surface area contributed by atoms with E-state index in [-0.39, 0.29) is 6.42 Å². The van der Waals surface area contributed by atoms with Crippen molar-refractivity contribution in [3.63, 3.8) is 0 Å². The molecule has 78 valence electrons. The standard InChI is InChI=1S/C7H11ClN4O2/c1-5-6(8)4-12(10-5)3-2-7(13)14-11-9/h4,11H,2-3,9H2,1H3. The number of aryl methyl sites for hydroxylation is 2. The van der Waals surface area contributed by atoms with E-state index in [1.165, 1.54) is 0 Å². The van der Waals surface area contributed by atoms with Crippen molar-refractivity contribution in [2.45, 2.75) is 19.9 Å². The van der Waals surface area contributed by atoms with Gasteiger partial charge >= 0.3 is 5.97 Å². The quantitative estimate of drug-likeness (QED) is 0.556. The monoisotopic (exact) mass is 218 g/mol. The fourth-order valence-electron chi connectivity index (χ4n) is 0.931. The molecule has 1 rings (SSSR count). The molecule has 0 bridgehead atoms. The molecule has 1 aromatic heterocycles. The van der Waals surface area contributed by atoms with Gasteiger partial charge in [-0.2, -0.15) is 5.10 Å². The third kappa shape index (κ3) is 2.99. The number of hydrogen-bond acceptors (Lipinski definition) is 5. The Morgan fingerprint density at radius 2 is 2.57 bits per heavy atom. The highest BCUT2D eigenvalue weighted by molar-refractivity contribution is 6.31. The van der Waals surface area contributed by atoms with Gasteiger partial charge in [-0.05, 0) is 6.92 Å². The van der Waals surface area contributed by atoms with Gasteiger partial charge in [-0.1, -0.05) is 17.2 Å². The van der Waals surface area contributed by atoms with Crippen LogP contribution in [0.25, 0.3) is 0 Å². The van der Waals surface area contributed by atoms with Crippen molar-refractivity contribution in [2.75, 3.05) is 0 Å². The van der Waals surface area contributed by atoms with Gasteiger partial charge in [0, 0.05) is 6.20 Å². The van der Waals surface area contributed by atoms with Crippen molar-refractivity contribution in [3.05, 3.63) is 16.9 Å². The van der Waals surface area contributed by atoms with E-state index in [1.54, 1.807) is 17.8 Å². The highest BCUT2D eigenvalue weighted by Crippen LogP contribution is 2.11. The molecule has 0 fully saturated rings. The maximum absolute atomic E-state index is 10.9. The van der Waals surface area contributed by atoms with Gasteiger partial charge in [0.05, 0.1) is 23.7 Å². The first kappa shape index (κ1) is 11.0. The van der Waals surface area contributed by atoms with Crippen LogP contribution in [0.2, 0.25) is 5.02 Å². The van der Waals surface area contributed by atoms with Gasteiger partial charge in [-0.3, -0.25) is 9.48 Å². The number of nitrogens with one attached hydrogen (secondary N) is 1. The van der Waals surface area contributed by atoms with E-state index in [9.17, 15) is 4.79 Å². The van der Waals surface area contributed by atoms with Crippen LogP contribution in [-0.4, -0.2) is 15.7 Å². The van der Waals surface area contributed by atoms with Crippen LogP contribution in [0.3, 0.4) is 0 Å². The number of carbonyl (C=O) groups excluding carboxylic acids is 1. The molecule has 6 nitrogen and oxygen atoms in total. The molecule has 0 aliphatic carbocycles. The first-order chi connectivity index (χ1) is 6.63. The molecule has 0 aliphatic heterocycles. The van der Waals surface area contributed by atoms with Crippen LogP contribution in [0.5, 0.6) is 0 Å². The molecule has 0 unspecified atom stereocenters. The smallest absolute Gasteiger partial charge is 0.328 e. The number of hydrazine groups is 1. The van der Waals surface area contributed by atoms with Gasteiger partial charge < -0.3 is 4.84 Å². The fraction of sp³-hybridized carbons (Fsp3) is 0.429. The van der Waals surface area contributed by atoms with E-state index in [4.69, 9.17) is 17.4 Å². The summed E-state index contributed by atoms with van der Waals surface area (Å²) in [4.78, 5) is 15.2. The van der Waals surface area contributed by atoms with Crippen LogP contribution in [0.15, 0.2) is 6.20 Å². The Hall–Kier alpha value is -1.11. The summed E-state index contributed by atoms with van der Waals surface area (Å²) in [7, 11) is 0. The molecular formula is C7H11ClN4O2. The zero-order valence-electron chi connectivity index (χ0n) is 7.66. The predicted octanol–water partition coefficient (Wildman–Crippen LogP) is 0.157. The molecule has 1 aromatic rings. The Labute approximate surface area is 85.9 Å². The number of halogens is 1. The lowest BCUT2D eigenvalue weighted by molar-refractivity contribution is -0.151. The van der Waals surface area contributed by atoms with Crippen LogP contribution in [0.1, 0.15) is 12.1 Å². The Morgan fingerprint density at radius 3 is 3.07 bits per heavy atom. The molecule has 0 aliphatic rings. The van der Waals surface area contributed by atoms with Crippen LogP contribution >= 0.6 is 11.6 Å². The zero-order chi connectivity index (χ0) is 10.6. The van der Waals surface area contributed by atoms with Crippen molar-refractivity contribution in [3.8, 4) is 0 Å². The summed E-state index contributed by atoms with van der Waals surface area (Å²) >= 11 is 5.77. The number of nitrogens with zero attached hydrogens (tertiary/aromatic N) is 2. The molecule has 14 heavy (non-hydrogen) atoms. The van der Waals surface area contributed by atoms with Crippen LogP contribution < -0.4 is 11.4 Å². The minimum absolute atomic E-state index is 0.182. The van der Waals surface area contributed by atoms with Crippen molar-refractivity contribution in [2.24, 2.45) is 5.84 Å². The molecular weight excluding hydrogens is 208 g/mol. The molecule has 0 amide bonds. The molecule has 0 atom stereocenters. The molecule has 0 saturated carbocycles. The average Bonchev–Trinajstić information content (AvgIpc) is 2.44. The van der Waals surface area contributed by atoms with Gasteiger partial charge in [0.1, 0.15) is 0 Å². The molecule has 0 aromatic carbocycles. The van der Waals surface area contributed by atoms with E-state index in [0.717, 1.165) is 5.69 Å². The number of carbonyl (C=O) groups is 1. The number of hydrogen-bond donors (Lipinski definition) is 2. The topological polar surface area (TPSA) is 82.2 Å². The second kappa shape index (κ2) is 4.94. The largest absolute Gasteiger partial charge is 0.356 e. The molecule has 0 radical (unpaired) electrons. The molecule has 0 saturated heterocycles. The molecule has 1 heterocycles. The first-order valence-electron chi connectivity index (χ1n) is 3.98. The maximum Gasteiger partial charge on any atom is 0.328 e. The van der Waals surface area contributed by atoms with E-state index in [0.29, 0.717) is 11.6 Å². The average molecular weight is 219 g/mol. The first-order valence-corrected chi connectivity index (χ1v) is 4.36. The minimum Gasteiger partial charge on any atom is -0.356 e. The van der Waals surface area contributed by atoms with Crippen LogP contribution in [0.4, 0.5) is 0 Å². The number of rotatable bonds is 4. The van der Waals surface area contributed by atoms with Crippen LogP contribution in [-0.2, 0) is 16.2 Å². The Kier molecular flexibility index (Phi) is 3.87. The summed E-state index contributed by atoms with van der Waals surface area (Å²) in [5.74, 6) is 4.34. The molecule has 0 spiro atoms. The summed E-state index contributed by atoms with van der Waals surface area (Å²) in [6.07, 6.45) is 1.84. The summed E-state index contributed by atoms with van der Waals surface area (Å²) in [5, 5.41) is 4.65. The van der Waals surface area contributed by atoms with Gasteiger partial charge in [0.2, 0.25) is 0 Å².